The maximum atomic E-state index is 13.2. The molecule has 1 aliphatic heterocycles. The second-order valence-corrected chi connectivity index (χ2v) is 2.61. The number of nitrogens with two attached hydrogens (primary N) is 1. The molecule has 1 fully saturated rings. The molecule has 10 heavy (non-hydrogen) atoms. The molecule has 0 bridgehead atoms. The van der Waals surface area contributed by atoms with Gasteiger partial charge in [0.05, 0.1) is 0 Å². The maximum absolute atomic E-state index is 13.2. The average Bonchev–Trinajstić information content (AvgIpc) is 1.89. The maximum Gasteiger partial charge on any atom is 0.256 e. The first-order valence-corrected chi connectivity index (χ1v) is 3.35. The van der Waals surface area contributed by atoms with E-state index in [1.807, 2.05) is 0 Å². The van der Waals surface area contributed by atoms with E-state index in [-0.39, 0.29) is 13.0 Å². The lowest BCUT2D eigenvalue weighted by Gasteiger charge is -2.26. The highest BCUT2D eigenvalue weighted by Gasteiger charge is 2.37. The van der Waals surface area contributed by atoms with Crippen LogP contribution in [-0.4, -0.2) is 24.7 Å². The lowest BCUT2D eigenvalue weighted by Crippen LogP contribution is -2.51. The van der Waals surface area contributed by atoms with Gasteiger partial charge in [0.1, 0.15) is 0 Å². The van der Waals surface area contributed by atoms with Crippen molar-refractivity contribution in [3.8, 4) is 0 Å². The van der Waals surface area contributed by atoms with Gasteiger partial charge in [-0.25, -0.2) is 4.39 Å². The molecule has 1 atom stereocenters. The van der Waals surface area contributed by atoms with Gasteiger partial charge < -0.3 is 11.1 Å². The van der Waals surface area contributed by atoms with Crippen LogP contribution in [0.15, 0.2) is 0 Å². The topological polar surface area (TPSA) is 55.1 Å². The van der Waals surface area contributed by atoms with E-state index >= 15 is 0 Å². The third kappa shape index (κ3) is 1.26. The Morgan fingerprint density at radius 2 is 2.40 bits per heavy atom. The molecular formula is C6H11FN2O. The van der Waals surface area contributed by atoms with Crippen molar-refractivity contribution in [3.05, 3.63) is 0 Å². The summed E-state index contributed by atoms with van der Waals surface area (Å²) in [5, 5.41) is 2.78. The third-order valence-electron chi connectivity index (χ3n) is 1.77. The average molecular weight is 146 g/mol. The highest BCUT2D eigenvalue weighted by atomic mass is 19.1. The Kier molecular flexibility index (Phi) is 1.89. The number of hydrogen-bond donors (Lipinski definition) is 2. The van der Waals surface area contributed by atoms with Gasteiger partial charge in [-0.2, -0.15) is 0 Å². The van der Waals surface area contributed by atoms with E-state index in [4.69, 9.17) is 5.73 Å². The van der Waals surface area contributed by atoms with Crippen molar-refractivity contribution in [2.24, 2.45) is 5.73 Å². The number of halogens is 1. The Hall–Kier alpha value is -0.640. The molecule has 58 valence electrons. The largest absolute Gasteiger partial charge is 0.367 e. The lowest BCUT2D eigenvalue weighted by atomic mass is 9.96. The van der Waals surface area contributed by atoms with Crippen molar-refractivity contribution in [1.82, 2.24) is 5.32 Å². The molecule has 0 radical (unpaired) electrons. The Morgan fingerprint density at radius 1 is 1.70 bits per heavy atom. The highest BCUT2D eigenvalue weighted by molar-refractivity contribution is 5.83. The standard InChI is InChI=1S/C6H11FN2O/c7-6(5(8)10)2-1-3-9-4-6/h9H,1-4H2,(H2,8,10). The van der Waals surface area contributed by atoms with Crippen molar-refractivity contribution in [2.75, 3.05) is 13.1 Å². The van der Waals surface area contributed by atoms with Crippen molar-refractivity contribution < 1.29 is 9.18 Å². The number of carbonyl (C=O) groups is 1. The summed E-state index contributed by atoms with van der Waals surface area (Å²) in [5.74, 6) is -0.847. The number of nitrogens with one attached hydrogen (secondary N) is 1. The number of hydrogen-bond acceptors (Lipinski definition) is 2. The summed E-state index contributed by atoms with van der Waals surface area (Å²) in [5.41, 5.74) is 3.05. The molecule has 0 aliphatic carbocycles. The minimum Gasteiger partial charge on any atom is -0.367 e. The van der Waals surface area contributed by atoms with E-state index < -0.39 is 11.6 Å². The Morgan fingerprint density at radius 3 is 2.70 bits per heavy atom. The molecule has 1 saturated heterocycles. The molecule has 3 N–H and O–H groups in total. The van der Waals surface area contributed by atoms with Crippen LogP contribution in [0.1, 0.15) is 12.8 Å². The lowest BCUT2D eigenvalue weighted by molar-refractivity contribution is -0.130. The summed E-state index contributed by atoms with van der Waals surface area (Å²) in [6, 6.07) is 0. The van der Waals surface area contributed by atoms with Crippen LogP contribution >= 0.6 is 0 Å². The van der Waals surface area contributed by atoms with Crippen molar-refractivity contribution in [1.29, 1.82) is 0 Å². The van der Waals surface area contributed by atoms with E-state index in [2.05, 4.69) is 5.32 Å². The molecule has 1 unspecified atom stereocenters. The van der Waals surface area contributed by atoms with E-state index in [0.717, 1.165) is 6.54 Å². The first-order chi connectivity index (χ1) is 4.65. The van der Waals surface area contributed by atoms with Crippen molar-refractivity contribution in [2.45, 2.75) is 18.5 Å². The number of amides is 1. The fraction of sp³-hybridized carbons (Fsp3) is 0.833. The minimum absolute atomic E-state index is 0.0718. The van der Waals surface area contributed by atoms with Crippen molar-refractivity contribution >= 4 is 5.91 Å². The van der Waals surface area contributed by atoms with Gasteiger partial charge in [-0.1, -0.05) is 0 Å². The predicted octanol–water partition coefficient (Wildman–Crippen LogP) is -0.437. The van der Waals surface area contributed by atoms with Gasteiger partial charge in [0.25, 0.3) is 5.91 Å². The van der Waals surface area contributed by atoms with Crippen LogP contribution in [0.4, 0.5) is 4.39 Å². The van der Waals surface area contributed by atoms with Crippen LogP contribution in [0, 0.1) is 0 Å². The number of rotatable bonds is 1. The van der Waals surface area contributed by atoms with Crippen molar-refractivity contribution in [3.63, 3.8) is 0 Å². The van der Waals surface area contributed by atoms with Crippen LogP contribution in [0.5, 0.6) is 0 Å². The van der Waals surface area contributed by atoms with Gasteiger partial charge >= 0.3 is 0 Å². The quantitative estimate of drug-likeness (QED) is 0.527. The van der Waals surface area contributed by atoms with E-state index in [1.165, 1.54) is 0 Å². The fourth-order valence-corrected chi connectivity index (χ4v) is 1.08. The van der Waals surface area contributed by atoms with E-state index in [9.17, 15) is 9.18 Å². The molecule has 0 aromatic carbocycles. The summed E-state index contributed by atoms with van der Waals surface area (Å²) in [4.78, 5) is 10.5. The number of carbonyl (C=O) groups excluding carboxylic acids is 1. The molecule has 0 saturated carbocycles. The molecule has 1 heterocycles. The van der Waals surface area contributed by atoms with Crippen LogP contribution in [-0.2, 0) is 4.79 Å². The Bertz CT molecular complexity index is 143. The predicted molar refractivity (Wildman–Crippen MR) is 35.1 cm³/mol. The zero-order valence-corrected chi connectivity index (χ0v) is 5.69. The molecule has 0 aromatic rings. The third-order valence-corrected chi connectivity index (χ3v) is 1.77. The first-order valence-electron chi connectivity index (χ1n) is 3.35. The van der Waals surface area contributed by atoms with Gasteiger partial charge in [0, 0.05) is 6.54 Å². The number of piperidine rings is 1. The van der Waals surface area contributed by atoms with Gasteiger partial charge in [-0.05, 0) is 19.4 Å². The zero-order valence-electron chi connectivity index (χ0n) is 5.69. The summed E-state index contributed by atoms with van der Waals surface area (Å²) < 4.78 is 13.2. The van der Waals surface area contributed by atoms with Gasteiger partial charge in [-0.15, -0.1) is 0 Å². The molecule has 1 aliphatic rings. The van der Waals surface area contributed by atoms with Crippen LogP contribution in [0.3, 0.4) is 0 Å². The molecule has 4 heteroatoms. The second kappa shape index (κ2) is 2.54. The van der Waals surface area contributed by atoms with Gasteiger partial charge in [0.15, 0.2) is 0 Å². The molecule has 3 nitrogen and oxygen atoms in total. The Labute approximate surface area is 58.8 Å². The van der Waals surface area contributed by atoms with Crippen LogP contribution in [0.2, 0.25) is 0 Å². The summed E-state index contributed by atoms with van der Waals surface area (Å²) >= 11 is 0. The normalized spacial score (nSPS) is 33.7. The van der Waals surface area contributed by atoms with Crippen LogP contribution < -0.4 is 11.1 Å². The number of alkyl halides is 1. The summed E-state index contributed by atoms with van der Waals surface area (Å²) in [6.45, 7) is 0.848. The highest BCUT2D eigenvalue weighted by Crippen LogP contribution is 2.19. The monoisotopic (exact) mass is 146 g/mol. The molecular weight excluding hydrogens is 135 g/mol. The molecule has 1 amide bonds. The Balaban J connectivity index is 2.56. The smallest absolute Gasteiger partial charge is 0.256 e. The van der Waals surface area contributed by atoms with Crippen LogP contribution in [0.25, 0.3) is 0 Å². The zero-order chi connectivity index (χ0) is 7.61. The first kappa shape index (κ1) is 7.47. The van der Waals surface area contributed by atoms with E-state index in [1.54, 1.807) is 0 Å². The fourth-order valence-electron chi connectivity index (χ4n) is 1.08. The minimum atomic E-state index is -1.79. The SMILES string of the molecule is NC(=O)C1(F)CCCNC1. The second-order valence-electron chi connectivity index (χ2n) is 2.61. The summed E-state index contributed by atoms with van der Waals surface area (Å²) in [6.07, 6.45) is 0.939. The molecule has 0 spiro atoms. The molecule has 1 rings (SSSR count). The summed E-state index contributed by atoms with van der Waals surface area (Å²) in [7, 11) is 0. The van der Waals surface area contributed by atoms with Gasteiger partial charge in [-0.3, -0.25) is 4.79 Å². The van der Waals surface area contributed by atoms with E-state index in [0.29, 0.717) is 6.42 Å². The molecule has 0 aromatic heterocycles. The van der Waals surface area contributed by atoms with Gasteiger partial charge in [0.2, 0.25) is 5.67 Å². The number of primary amides is 1.